The van der Waals surface area contributed by atoms with E-state index >= 15 is 0 Å². The van der Waals surface area contributed by atoms with Gasteiger partial charge in [0.25, 0.3) is 5.91 Å². The highest BCUT2D eigenvalue weighted by molar-refractivity contribution is 7.98. The first-order valence-corrected chi connectivity index (χ1v) is 12.3. The number of amides is 1. The van der Waals surface area contributed by atoms with Gasteiger partial charge in [-0.3, -0.25) is 4.79 Å². The molecule has 1 saturated heterocycles. The average molecular weight is 466 g/mol. The normalized spacial score (nSPS) is 14.5. The van der Waals surface area contributed by atoms with Crippen LogP contribution in [0.4, 0.5) is 11.4 Å². The third-order valence-electron chi connectivity index (χ3n) is 6.19. The van der Waals surface area contributed by atoms with Crippen LogP contribution in [0.25, 0.3) is 0 Å². The molecule has 0 aliphatic carbocycles. The van der Waals surface area contributed by atoms with Gasteiger partial charge in [0, 0.05) is 55.1 Å². The van der Waals surface area contributed by atoms with Crippen molar-refractivity contribution >= 4 is 29.0 Å². The van der Waals surface area contributed by atoms with Gasteiger partial charge in [0.2, 0.25) is 0 Å². The molecule has 3 aromatic rings. The van der Waals surface area contributed by atoms with E-state index in [0.29, 0.717) is 16.3 Å². The van der Waals surface area contributed by atoms with Gasteiger partial charge in [0.1, 0.15) is 10.8 Å². The fourth-order valence-electron chi connectivity index (χ4n) is 4.02. The van der Waals surface area contributed by atoms with Crippen molar-refractivity contribution in [2.75, 3.05) is 42.9 Å². The molecule has 0 unspecified atom stereocenters. The highest BCUT2D eigenvalue weighted by Gasteiger charge is 2.18. The van der Waals surface area contributed by atoms with E-state index in [1.807, 2.05) is 32.9 Å². The minimum absolute atomic E-state index is 0.156. The average Bonchev–Trinajstić information content (AvgIpc) is 3.16. The molecule has 2 aromatic heterocycles. The third-order valence-corrected chi connectivity index (χ3v) is 7.22. The minimum atomic E-state index is -0.156. The van der Waals surface area contributed by atoms with Gasteiger partial charge in [-0.2, -0.15) is 0 Å². The zero-order valence-corrected chi connectivity index (χ0v) is 20.5. The first-order valence-electron chi connectivity index (χ1n) is 11.3. The number of nitrogens with zero attached hydrogens (tertiary/aromatic N) is 4. The first-order chi connectivity index (χ1) is 16.0. The van der Waals surface area contributed by atoms with Crippen molar-refractivity contribution < 1.29 is 9.32 Å². The smallest absolute Gasteiger partial charge is 0.258 e. The van der Waals surface area contributed by atoms with Gasteiger partial charge >= 0.3 is 0 Å². The standard InChI is InChI=1S/C25H31N5O2S/c1-5-29-11-13-30(14-12-29)20-8-9-23(17(2)15-20)27-24(31)21-7-6-10-26-25(21)33-16-22-18(3)28-32-19(22)4/h6-10,15H,5,11-14,16H2,1-4H3,(H,27,31). The van der Waals surface area contributed by atoms with Gasteiger partial charge in [0.15, 0.2) is 0 Å². The molecule has 33 heavy (non-hydrogen) atoms. The Hall–Kier alpha value is -2.84. The van der Waals surface area contributed by atoms with Gasteiger partial charge in [-0.05, 0) is 63.2 Å². The molecule has 1 amide bonds. The number of hydrogen-bond acceptors (Lipinski definition) is 7. The summed E-state index contributed by atoms with van der Waals surface area (Å²) in [5.74, 6) is 1.29. The molecule has 1 aliphatic heterocycles. The second kappa shape index (κ2) is 10.4. The molecule has 3 heterocycles. The number of thioether (sulfide) groups is 1. The van der Waals surface area contributed by atoms with Crippen LogP contribution in [0, 0.1) is 20.8 Å². The summed E-state index contributed by atoms with van der Waals surface area (Å²) in [5, 5.41) is 7.78. The number of aryl methyl sites for hydroxylation is 3. The summed E-state index contributed by atoms with van der Waals surface area (Å²) in [5.41, 5.74) is 5.55. The molecule has 0 spiro atoms. The lowest BCUT2D eigenvalue weighted by molar-refractivity contribution is 0.102. The number of rotatable bonds is 7. The van der Waals surface area contributed by atoms with E-state index in [9.17, 15) is 4.79 Å². The number of aromatic nitrogens is 2. The summed E-state index contributed by atoms with van der Waals surface area (Å²) in [6, 6.07) is 9.87. The fourth-order valence-corrected chi connectivity index (χ4v) is 5.17. The Balaban J connectivity index is 1.44. The van der Waals surface area contributed by atoms with Crippen LogP contribution in [0.3, 0.4) is 0 Å². The molecule has 0 bridgehead atoms. The maximum Gasteiger partial charge on any atom is 0.258 e. The Kier molecular flexibility index (Phi) is 7.35. The van der Waals surface area contributed by atoms with E-state index in [4.69, 9.17) is 4.52 Å². The minimum Gasteiger partial charge on any atom is -0.369 e. The molecule has 0 saturated carbocycles. The highest BCUT2D eigenvalue weighted by atomic mass is 32.2. The molecule has 174 valence electrons. The van der Waals surface area contributed by atoms with Gasteiger partial charge < -0.3 is 19.6 Å². The van der Waals surface area contributed by atoms with Crippen LogP contribution in [0.1, 0.15) is 39.9 Å². The summed E-state index contributed by atoms with van der Waals surface area (Å²) in [7, 11) is 0. The highest BCUT2D eigenvalue weighted by Crippen LogP contribution is 2.29. The molecular weight excluding hydrogens is 434 g/mol. The lowest BCUT2D eigenvalue weighted by Crippen LogP contribution is -2.46. The number of carbonyl (C=O) groups is 1. The van der Waals surface area contributed by atoms with E-state index in [0.717, 1.165) is 61.0 Å². The lowest BCUT2D eigenvalue weighted by atomic mass is 10.1. The van der Waals surface area contributed by atoms with Gasteiger partial charge in [0.05, 0.1) is 11.3 Å². The number of nitrogens with one attached hydrogen (secondary N) is 1. The zero-order chi connectivity index (χ0) is 23.4. The second-order valence-electron chi connectivity index (χ2n) is 8.32. The lowest BCUT2D eigenvalue weighted by Gasteiger charge is -2.35. The molecule has 4 rings (SSSR count). The predicted molar refractivity (Wildman–Crippen MR) is 133 cm³/mol. The van der Waals surface area contributed by atoms with Gasteiger partial charge in [-0.15, -0.1) is 11.8 Å². The van der Waals surface area contributed by atoms with Crippen molar-refractivity contribution in [2.24, 2.45) is 0 Å². The van der Waals surface area contributed by atoms with Crippen molar-refractivity contribution in [1.82, 2.24) is 15.0 Å². The SMILES string of the molecule is CCN1CCN(c2ccc(NC(=O)c3cccnc3SCc3c(C)noc3C)c(C)c2)CC1. The first kappa shape index (κ1) is 23.3. The molecule has 0 atom stereocenters. The maximum absolute atomic E-state index is 13.1. The Morgan fingerprint density at radius 1 is 1.15 bits per heavy atom. The van der Waals surface area contributed by atoms with Crippen LogP contribution < -0.4 is 10.2 Å². The molecule has 1 N–H and O–H groups in total. The predicted octanol–water partition coefficient (Wildman–Crippen LogP) is 4.68. The third kappa shape index (κ3) is 5.39. The fraction of sp³-hybridized carbons (Fsp3) is 0.400. The molecule has 7 nitrogen and oxygen atoms in total. The number of piperazine rings is 1. The van der Waals surface area contributed by atoms with Crippen molar-refractivity contribution in [1.29, 1.82) is 0 Å². The summed E-state index contributed by atoms with van der Waals surface area (Å²) in [6.45, 7) is 13.4. The molecule has 1 aliphatic rings. The number of pyridine rings is 1. The van der Waals surface area contributed by atoms with Crippen LogP contribution in [0.2, 0.25) is 0 Å². The quantitative estimate of drug-likeness (QED) is 0.508. The molecule has 8 heteroatoms. The van der Waals surface area contributed by atoms with Crippen LogP contribution in [0.5, 0.6) is 0 Å². The van der Waals surface area contributed by atoms with Gasteiger partial charge in [-0.25, -0.2) is 4.98 Å². The number of likely N-dealkylation sites (N-methyl/N-ethyl adjacent to an activating group) is 1. The Morgan fingerprint density at radius 3 is 2.61 bits per heavy atom. The number of benzene rings is 1. The van der Waals surface area contributed by atoms with Crippen molar-refractivity contribution in [3.05, 3.63) is 64.7 Å². The van der Waals surface area contributed by atoms with Crippen molar-refractivity contribution in [3.8, 4) is 0 Å². The second-order valence-corrected chi connectivity index (χ2v) is 9.29. The summed E-state index contributed by atoms with van der Waals surface area (Å²) in [6.07, 6.45) is 1.71. The van der Waals surface area contributed by atoms with Crippen LogP contribution in [0.15, 0.2) is 46.1 Å². The number of carbonyl (C=O) groups excluding carboxylic acids is 1. The molecular formula is C25H31N5O2S. The summed E-state index contributed by atoms with van der Waals surface area (Å²) >= 11 is 1.52. The van der Waals surface area contributed by atoms with Crippen LogP contribution in [-0.4, -0.2) is 53.7 Å². The zero-order valence-electron chi connectivity index (χ0n) is 19.7. The van der Waals surface area contributed by atoms with Crippen LogP contribution >= 0.6 is 11.8 Å². The van der Waals surface area contributed by atoms with Gasteiger partial charge in [-0.1, -0.05) is 12.1 Å². The molecule has 0 radical (unpaired) electrons. The number of anilines is 2. The summed E-state index contributed by atoms with van der Waals surface area (Å²) < 4.78 is 5.25. The van der Waals surface area contributed by atoms with Crippen molar-refractivity contribution in [3.63, 3.8) is 0 Å². The van der Waals surface area contributed by atoms with Crippen LogP contribution in [-0.2, 0) is 5.75 Å². The summed E-state index contributed by atoms with van der Waals surface area (Å²) in [4.78, 5) is 22.5. The monoisotopic (exact) mass is 465 g/mol. The molecule has 1 fully saturated rings. The van der Waals surface area contributed by atoms with E-state index in [2.05, 4.69) is 44.3 Å². The van der Waals surface area contributed by atoms with E-state index in [-0.39, 0.29) is 5.91 Å². The van der Waals surface area contributed by atoms with E-state index in [1.165, 1.54) is 17.4 Å². The van der Waals surface area contributed by atoms with Crippen molar-refractivity contribution in [2.45, 2.75) is 38.5 Å². The Bertz CT molecular complexity index is 1100. The molecule has 1 aromatic carbocycles. The topological polar surface area (TPSA) is 74.5 Å². The Morgan fingerprint density at radius 2 is 1.94 bits per heavy atom. The largest absolute Gasteiger partial charge is 0.369 e. The Labute approximate surface area is 199 Å². The number of hydrogen-bond donors (Lipinski definition) is 1. The van der Waals surface area contributed by atoms with E-state index in [1.54, 1.807) is 12.3 Å². The maximum atomic E-state index is 13.1. The van der Waals surface area contributed by atoms with E-state index < -0.39 is 0 Å².